The van der Waals surface area contributed by atoms with Crippen molar-refractivity contribution < 1.29 is 19.2 Å². The van der Waals surface area contributed by atoms with Crippen molar-refractivity contribution in [2.75, 3.05) is 14.1 Å². The van der Waals surface area contributed by atoms with Gasteiger partial charge in [0.15, 0.2) is 0 Å². The first-order valence-electron chi connectivity index (χ1n) is 6.67. The van der Waals surface area contributed by atoms with Crippen molar-refractivity contribution in [2.24, 2.45) is 0 Å². The zero-order valence-corrected chi connectivity index (χ0v) is 13.3. The molecule has 21 heavy (non-hydrogen) atoms. The van der Waals surface area contributed by atoms with Gasteiger partial charge in [-0.1, -0.05) is 0 Å². The molecule has 0 aliphatic heterocycles. The lowest BCUT2D eigenvalue weighted by molar-refractivity contribution is -0.141. The number of likely N-dealkylation sites (N-methyl/N-ethyl adjacent to an activating group) is 2. The average Bonchev–Trinajstić information content (AvgIpc) is 2.42. The Balaban J connectivity index is 4.65. The maximum absolute atomic E-state index is 12.1. The van der Waals surface area contributed by atoms with Crippen LogP contribution in [0.2, 0.25) is 0 Å². The predicted molar refractivity (Wildman–Crippen MR) is 77.2 cm³/mol. The van der Waals surface area contributed by atoms with Crippen LogP contribution in [-0.4, -0.2) is 60.7 Å². The Hall–Kier alpha value is -2.12. The highest BCUT2D eigenvalue weighted by molar-refractivity contribution is 5.93. The van der Waals surface area contributed by atoms with Crippen LogP contribution in [0.3, 0.4) is 0 Å². The van der Waals surface area contributed by atoms with Gasteiger partial charge in [-0.2, -0.15) is 0 Å². The van der Waals surface area contributed by atoms with Crippen molar-refractivity contribution in [3.05, 3.63) is 0 Å². The monoisotopic (exact) mass is 300 g/mol. The third-order valence-electron chi connectivity index (χ3n) is 3.10. The summed E-state index contributed by atoms with van der Waals surface area (Å²) in [6.45, 7) is 5.94. The van der Waals surface area contributed by atoms with Crippen molar-refractivity contribution in [3.8, 4) is 0 Å². The predicted octanol–water partition coefficient (Wildman–Crippen LogP) is -1.39. The third-order valence-corrected chi connectivity index (χ3v) is 3.10. The highest BCUT2D eigenvalue weighted by Gasteiger charge is 2.27. The molecule has 4 amide bonds. The lowest BCUT2D eigenvalue weighted by Crippen LogP contribution is -2.54. The molecule has 0 rings (SSSR count). The summed E-state index contributed by atoms with van der Waals surface area (Å²) in [6, 6.07) is -2.18. The lowest BCUT2D eigenvalue weighted by Gasteiger charge is -2.27. The van der Waals surface area contributed by atoms with E-state index in [4.69, 9.17) is 0 Å². The van der Waals surface area contributed by atoms with Gasteiger partial charge in [-0.15, -0.1) is 0 Å². The van der Waals surface area contributed by atoms with E-state index in [9.17, 15) is 19.2 Å². The molecule has 0 spiro atoms. The molecule has 8 heteroatoms. The van der Waals surface area contributed by atoms with Gasteiger partial charge >= 0.3 is 0 Å². The zero-order chi connectivity index (χ0) is 16.7. The fourth-order valence-corrected chi connectivity index (χ4v) is 1.65. The number of nitrogens with zero attached hydrogens (tertiary/aromatic N) is 1. The Kier molecular flexibility index (Phi) is 7.40. The molecule has 0 aliphatic carbocycles. The van der Waals surface area contributed by atoms with E-state index in [1.54, 1.807) is 13.8 Å². The first kappa shape index (κ1) is 18.9. The topological polar surface area (TPSA) is 108 Å². The van der Waals surface area contributed by atoms with Gasteiger partial charge in [0.05, 0.1) is 0 Å². The van der Waals surface area contributed by atoms with Crippen molar-refractivity contribution in [1.29, 1.82) is 0 Å². The van der Waals surface area contributed by atoms with Crippen LogP contribution >= 0.6 is 0 Å². The van der Waals surface area contributed by atoms with E-state index in [2.05, 4.69) is 16.0 Å². The molecular formula is C13H24N4O4. The van der Waals surface area contributed by atoms with Gasteiger partial charge in [0.2, 0.25) is 23.6 Å². The molecule has 3 N–H and O–H groups in total. The molecule has 0 fully saturated rings. The van der Waals surface area contributed by atoms with Crippen LogP contribution in [0, 0.1) is 0 Å². The van der Waals surface area contributed by atoms with Crippen molar-refractivity contribution in [2.45, 2.75) is 45.8 Å². The maximum atomic E-state index is 12.1. The molecule has 0 heterocycles. The zero-order valence-electron chi connectivity index (χ0n) is 13.3. The van der Waals surface area contributed by atoms with E-state index >= 15 is 0 Å². The second-order valence-electron chi connectivity index (χ2n) is 4.89. The number of hydrogen-bond acceptors (Lipinski definition) is 4. The number of carbonyl (C=O) groups is 4. The van der Waals surface area contributed by atoms with Gasteiger partial charge < -0.3 is 20.9 Å². The molecule has 0 aromatic heterocycles. The summed E-state index contributed by atoms with van der Waals surface area (Å²) in [7, 11) is 2.94. The molecule has 0 aliphatic rings. The summed E-state index contributed by atoms with van der Waals surface area (Å²) in [5.41, 5.74) is 0. The third kappa shape index (κ3) is 5.80. The largest absolute Gasteiger partial charge is 0.357 e. The fourth-order valence-electron chi connectivity index (χ4n) is 1.65. The molecule has 0 bridgehead atoms. The number of carbonyl (C=O) groups excluding carboxylic acids is 4. The minimum Gasteiger partial charge on any atom is -0.357 e. The second-order valence-corrected chi connectivity index (χ2v) is 4.89. The molecule has 3 atom stereocenters. The SMILES string of the molecule is CNC(=O)[C@H](C)NC(=O)[C@H](C)N(C)C(=O)[C@H](C)NC(C)=O. The molecule has 0 saturated heterocycles. The fraction of sp³-hybridized carbons (Fsp3) is 0.692. The summed E-state index contributed by atoms with van der Waals surface area (Å²) in [5, 5.41) is 7.39. The van der Waals surface area contributed by atoms with E-state index in [-0.39, 0.29) is 17.7 Å². The van der Waals surface area contributed by atoms with Crippen LogP contribution in [0.1, 0.15) is 27.7 Å². The van der Waals surface area contributed by atoms with Gasteiger partial charge in [0.1, 0.15) is 18.1 Å². The van der Waals surface area contributed by atoms with Crippen molar-refractivity contribution in [1.82, 2.24) is 20.9 Å². The highest BCUT2D eigenvalue weighted by Crippen LogP contribution is 2.01. The van der Waals surface area contributed by atoms with Gasteiger partial charge in [0, 0.05) is 21.0 Å². The first-order valence-corrected chi connectivity index (χ1v) is 6.67. The summed E-state index contributed by atoms with van der Waals surface area (Å²) >= 11 is 0. The van der Waals surface area contributed by atoms with E-state index in [1.807, 2.05) is 0 Å². The molecule has 8 nitrogen and oxygen atoms in total. The molecule has 0 radical (unpaired) electrons. The Labute approximate surface area is 124 Å². The van der Waals surface area contributed by atoms with Crippen LogP contribution in [0.4, 0.5) is 0 Å². The highest BCUT2D eigenvalue weighted by atomic mass is 16.2. The quantitative estimate of drug-likeness (QED) is 0.561. The molecule has 0 unspecified atom stereocenters. The van der Waals surface area contributed by atoms with E-state index in [0.717, 1.165) is 0 Å². The number of amides is 4. The first-order chi connectivity index (χ1) is 9.61. The average molecular weight is 300 g/mol. The van der Waals surface area contributed by atoms with E-state index in [1.165, 1.54) is 32.8 Å². The number of hydrogen-bond donors (Lipinski definition) is 3. The van der Waals surface area contributed by atoms with Crippen LogP contribution < -0.4 is 16.0 Å². The van der Waals surface area contributed by atoms with Gasteiger partial charge in [-0.05, 0) is 20.8 Å². The Morgan fingerprint density at radius 3 is 1.86 bits per heavy atom. The van der Waals surface area contributed by atoms with E-state index < -0.39 is 24.0 Å². The summed E-state index contributed by atoms with van der Waals surface area (Å²) in [6.07, 6.45) is 0. The number of rotatable bonds is 6. The van der Waals surface area contributed by atoms with Gasteiger partial charge in [-0.3, -0.25) is 19.2 Å². The van der Waals surface area contributed by atoms with Crippen LogP contribution in [0.5, 0.6) is 0 Å². The van der Waals surface area contributed by atoms with Crippen LogP contribution in [0.15, 0.2) is 0 Å². The van der Waals surface area contributed by atoms with Crippen molar-refractivity contribution >= 4 is 23.6 Å². The molecule has 120 valence electrons. The molecule has 0 aromatic carbocycles. The maximum Gasteiger partial charge on any atom is 0.245 e. The minimum absolute atomic E-state index is 0.323. The smallest absolute Gasteiger partial charge is 0.245 e. The summed E-state index contributed by atoms with van der Waals surface area (Å²) in [4.78, 5) is 47.6. The lowest BCUT2D eigenvalue weighted by atomic mass is 10.2. The minimum atomic E-state index is -0.763. The molecule has 0 saturated carbocycles. The van der Waals surface area contributed by atoms with Crippen LogP contribution in [-0.2, 0) is 19.2 Å². The standard InChI is InChI=1S/C13H24N4O4/c1-7(11(19)14-5)16-12(20)9(3)17(6)13(21)8(2)15-10(4)18/h7-9H,1-6H3,(H,14,19)(H,15,18)(H,16,20)/t7-,8-,9-/m0/s1. The van der Waals surface area contributed by atoms with Gasteiger partial charge in [0.25, 0.3) is 0 Å². The molecule has 0 aromatic rings. The Morgan fingerprint density at radius 1 is 0.905 bits per heavy atom. The molecular weight excluding hydrogens is 276 g/mol. The van der Waals surface area contributed by atoms with Gasteiger partial charge in [-0.25, -0.2) is 0 Å². The Morgan fingerprint density at radius 2 is 1.43 bits per heavy atom. The van der Waals surface area contributed by atoms with Crippen molar-refractivity contribution in [3.63, 3.8) is 0 Å². The van der Waals surface area contributed by atoms with Crippen LogP contribution in [0.25, 0.3) is 0 Å². The summed E-state index contributed by atoms with van der Waals surface area (Å²) in [5.74, 6) is -1.48. The summed E-state index contributed by atoms with van der Waals surface area (Å²) < 4.78 is 0. The number of nitrogens with one attached hydrogen (secondary N) is 3. The second kappa shape index (κ2) is 8.23. The van der Waals surface area contributed by atoms with E-state index in [0.29, 0.717) is 0 Å². The normalized spacial score (nSPS) is 14.4. The Bertz CT molecular complexity index is 424.